The molecule has 0 aromatic heterocycles. The lowest BCUT2D eigenvalue weighted by atomic mass is 10.3. The summed E-state index contributed by atoms with van der Waals surface area (Å²) in [6.45, 7) is 3.01. The first-order valence-corrected chi connectivity index (χ1v) is 5.43. The maximum absolute atomic E-state index is 11.3. The summed E-state index contributed by atoms with van der Waals surface area (Å²) >= 11 is 0. The third kappa shape index (κ3) is 2.84. The van der Waals surface area contributed by atoms with E-state index in [2.05, 4.69) is 20.4 Å². The Balaban J connectivity index is 2.15. The number of nitrogens with zero attached hydrogens (tertiary/aromatic N) is 2. The van der Waals surface area contributed by atoms with Gasteiger partial charge >= 0.3 is 5.97 Å². The van der Waals surface area contributed by atoms with E-state index in [0.29, 0.717) is 18.8 Å². The summed E-state index contributed by atoms with van der Waals surface area (Å²) in [5.74, 6) is 0.390. The molecular formula is C12H14N2O3. The fraction of sp³-hybridized carbons (Fsp3) is 0.417. The summed E-state index contributed by atoms with van der Waals surface area (Å²) in [7, 11) is 1.35. The van der Waals surface area contributed by atoms with Gasteiger partial charge in [0.1, 0.15) is 5.84 Å². The van der Waals surface area contributed by atoms with Gasteiger partial charge in [-0.3, -0.25) is 0 Å². The Labute approximate surface area is 99.7 Å². The van der Waals surface area contributed by atoms with Gasteiger partial charge in [-0.2, -0.15) is 0 Å². The number of amidine groups is 1. The average molecular weight is 234 g/mol. The first-order chi connectivity index (χ1) is 8.31. The maximum Gasteiger partial charge on any atom is 0.340 e. The molecule has 5 heteroatoms. The largest absolute Gasteiger partial charge is 0.465 e. The molecule has 0 radical (unpaired) electrons. The summed E-state index contributed by atoms with van der Waals surface area (Å²) in [5.41, 5.74) is 3.32. The van der Waals surface area contributed by atoms with Crippen LogP contribution in [-0.2, 0) is 14.3 Å². The highest BCUT2D eigenvalue weighted by atomic mass is 16.5. The number of ether oxygens (including phenoxy) is 2. The minimum Gasteiger partial charge on any atom is -0.465 e. The van der Waals surface area contributed by atoms with Crippen LogP contribution in [0.25, 0.3) is 0 Å². The molecule has 1 saturated heterocycles. The summed E-state index contributed by atoms with van der Waals surface area (Å²) < 4.78 is 9.90. The Hall–Kier alpha value is -1.84. The molecule has 0 aliphatic carbocycles. The number of carbonyl (C=O) groups excluding carboxylic acids is 1. The lowest BCUT2D eigenvalue weighted by Gasteiger charge is -2.27. The van der Waals surface area contributed by atoms with Crippen LogP contribution in [0.2, 0.25) is 0 Å². The molecule has 0 bridgehead atoms. The molecule has 0 aromatic rings. The zero-order chi connectivity index (χ0) is 12.1. The van der Waals surface area contributed by atoms with E-state index in [4.69, 9.17) is 4.74 Å². The molecule has 0 spiro atoms. The summed E-state index contributed by atoms with van der Waals surface area (Å²) in [6, 6.07) is 0. The molecule has 0 atom stereocenters. The maximum atomic E-state index is 11.3. The second kappa shape index (κ2) is 5.48. The minimum atomic E-state index is -0.405. The van der Waals surface area contributed by atoms with Crippen molar-refractivity contribution in [3.8, 4) is 0 Å². The van der Waals surface area contributed by atoms with Crippen molar-refractivity contribution in [3.63, 3.8) is 0 Å². The highest BCUT2D eigenvalue weighted by Gasteiger charge is 2.14. The van der Waals surface area contributed by atoms with Gasteiger partial charge in [-0.25, -0.2) is 9.79 Å². The average Bonchev–Trinajstić information content (AvgIpc) is 2.64. The summed E-state index contributed by atoms with van der Waals surface area (Å²) in [4.78, 5) is 17.7. The summed E-state index contributed by atoms with van der Waals surface area (Å²) in [5, 5.41) is 0. The molecule has 0 N–H and O–H groups in total. The highest BCUT2D eigenvalue weighted by molar-refractivity contribution is 5.97. The van der Waals surface area contributed by atoms with E-state index in [1.807, 2.05) is 0 Å². The highest BCUT2D eigenvalue weighted by Crippen LogP contribution is 2.07. The van der Waals surface area contributed by atoms with Gasteiger partial charge in [0.25, 0.3) is 0 Å². The first-order valence-electron chi connectivity index (χ1n) is 5.43. The molecule has 2 aliphatic heterocycles. The van der Waals surface area contributed by atoms with Crippen LogP contribution in [0.4, 0.5) is 0 Å². The van der Waals surface area contributed by atoms with Gasteiger partial charge in [0.05, 0.1) is 25.9 Å². The molecule has 2 rings (SSSR count). The molecule has 1 fully saturated rings. The minimum absolute atomic E-state index is 0.395. The zero-order valence-electron chi connectivity index (χ0n) is 9.68. The van der Waals surface area contributed by atoms with Gasteiger partial charge in [0, 0.05) is 25.4 Å². The van der Waals surface area contributed by atoms with Gasteiger partial charge in [-0.1, -0.05) is 0 Å². The SMILES string of the molecule is COC(=O)C1=CN=C(N2CCOCC2)C=C=C1. The molecule has 0 aromatic carbocycles. The van der Waals surface area contributed by atoms with Crippen LogP contribution in [0.5, 0.6) is 0 Å². The molecule has 90 valence electrons. The molecule has 5 nitrogen and oxygen atoms in total. The number of hydrogen-bond acceptors (Lipinski definition) is 5. The molecule has 0 unspecified atom stereocenters. The van der Waals surface area contributed by atoms with Crippen LogP contribution in [-0.4, -0.2) is 50.1 Å². The van der Waals surface area contributed by atoms with E-state index < -0.39 is 5.97 Å². The van der Waals surface area contributed by atoms with E-state index in [9.17, 15) is 4.79 Å². The van der Waals surface area contributed by atoms with Crippen molar-refractivity contribution >= 4 is 11.8 Å². The molecule has 2 heterocycles. The second-order valence-corrected chi connectivity index (χ2v) is 3.62. The van der Waals surface area contributed by atoms with Gasteiger partial charge < -0.3 is 14.4 Å². The lowest BCUT2D eigenvalue weighted by Crippen LogP contribution is -2.39. The van der Waals surface area contributed by atoms with Crippen molar-refractivity contribution in [3.05, 3.63) is 29.7 Å². The lowest BCUT2D eigenvalue weighted by molar-refractivity contribution is -0.135. The summed E-state index contributed by atoms with van der Waals surface area (Å²) in [6.07, 6.45) is 4.84. The Kier molecular flexibility index (Phi) is 3.75. The predicted octanol–water partition coefficient (Wildman–Crippen LogP) is 0.499. The smallest absolute Gasteiger partial charge is 0.340 e. The molecule has 17 heavy (non-hydrogen) atoms. The standard InChI is InChI=1S/C12H14N2O3/c1-16-12(15)10-3-2-4-11(13-9-10)14-5-7-17-8-6-14/h3-4,9H,5-8H2,1H3. The van der Waals surface area contributed by atoms with Crippen LogP contribution >= 0.6 is 0 Å². The number of rotatable bonds is 1. The Morgan fingerprint density at radius 1 is 1.47 bits per heavy atom. The van der Waals surface area contributed by atoms with Crippen molar-refractivity contribution in [1.82, 2.24) is 4.90 Å². The van der Waals surface area contributed by atoms with Crippen molar-refractivity contribution in [2.24, 2.45) is 4.99 Å². The van der Waals surface area contributed by atoms with Crippen LogP contribution in [0.15, 0.2) is 34.6 Å². The van der Waals surface area contributed by atoms with Crippen LogP contribution < -0.4 is 0 Å². The normalized spacial score (nSPS) is 19.5. The van der Waals surface area contributed by atoms with Crippen molar-refractivity contribution in [2.75, 3.05) is 33.4 Å². The monoisotopic (exact) mass is 234 g/mol. The Morgan fingerprint density at radius 3 is 2.94 bits per heavy atom. The van der Waals surface area contributed by atoms with Crippen molar-refractivity contribution in [1.29, 1.82) is 0 Å². The van der Waals surface area contributed by atoms with E-state index in [-0.39, 0.29) is 0 Å². The third-order valence-electron chi connectivity index (χ3n) is 2.54. The number of esters is 1. The number of methoxy groups -OCH3 is 1. The van der Waals surface area contributed by atoms with Gasteiger partial charge in [-0.05, 0) is 6.08 Å². The van der Waals surface area contributed by atoms with Crippen molar-refractivity contribution in [2.45, 2.75) is 0 Å². The topological polar surface area (TPSA) is 51.1 Å². The van der Waals surface area contributed by atoms with Crippen molar-refractivity contribution < 1.29 is 14.3 Å². The van der Waals surface area contributed by atoms with Crippen LogP contribution in [0.1, 0.15) is 0 Å². The second-order valence-electron chi connectivity index (χ2n) is 3.62. The van der Waals surface area contributed by atoms with E-state index in [0.717, 1.165) is 18.9 Å². The fourth-order valence-electron chi connectivity index (χ4n) is 1.61. The van der Waals surface area contributed by atoms with Gasteiger partial charge in [0.15, 0.2) is 0 Å². The van der Waals surface area contributed by atoms with E-state index in [1.54, 1.807) is 12.2 Å². The molecule has 0 amide bonds. The Bertz CT molecular complexity index is 425. The number of hydrogen-bond donors (Lipinski definition) is 0. The molecule has 2 aliphatic rings. The van der Waals surface area contributed by atoms with Gasteiger partial charge in [0.2, 0.25) is 0 Å². The predicted molar refractivity (Wildman–Crippen MR) is 62.6 cm³/mol. The first kappa shape index (κ1) is 11.6. The van der Waals surface area contributed by atoms with Crippen LogP contribution in [0.3, 0.4) is 0 Å². The fourth-order valence-corrected chi connectivity index (χ4v) is 1.61. The Morgan fingerprint density at radius 2 is 2.24 bits per heavy atom. The number of morpholine rings is 1. The van der Waals surface area contributed by atoms with E-state index in [1.165, 1.54) is 13.3 Å². The quantitative estimate of drug-likeness (QED) is 0.489. The van der Waals surface area contributed by atoms with E-state index >= 15 is 0 Å². The number of aliphatic imine (C=N–C) groups is 1. The van der Waals surface area contributed by atoms with Gasteiger partial charge in [-0.15, -0.1) is 5.73 Å². The molecular weight excluding hydrogens is 220 g/mol. The van der Waals surface area contributed by atoms with Crippen LogP contribution in [0, 0.1) is 0 Å². The zero-order valence-corrected chi connectivity index (χ0v) is 9.68. The number of carbonyl (C=O) groups is 1. The molecule has 0 saturated carbocycles. The third-order valence-corrected chi connectivity index (χ3v) is 2.54.